The van der Waals surface area contributed by atoms with E-state index in [1.807, 2.05) is 6.92 Å². The molecule has 0 aliphatic carbocycles. The molecule has 0 amide bonds. The first-order chi connectivity index (χ1) is 9.08. The Balaban J connectivity index is 2.62. The number of nitrogens with zero attached hydrogens (tertiary/aromatic N) is 3. The van der Waals surface area contributed by atoms with Gasteiger partial charge in [0.05, 0.1) is 11.4 Å². The summed E-state index contributed by atoms with van der Waals surface area (Å²) in [7, 11) is 0. The van der Waals surface area contributed by atoms with E-state index in [0.717, 1.165) is 6.42 Å². The van der Waals surface area contributed by atoms with Crippen LogP contribution in [-0.4, -0.2) is 14.8 Å². The van der Waals surface area contributed by atoms with Crippen molar-refractivity contribution in [2.45, 2.75) is 25.8 Å². The summed E-state index contributed by atoms with van der Waals surface area (Å²) in [5.74, 6) is -2.48. The highest BCUT2D eigenvalue weighted by Crippen LogP contribution is 2.26. The van der Waals surface area contributed by atoms with Gasteiger partial charge in [-0.1, -0.05) is 6.92 Å². The van der Waals surface area contributed by atoms with Crippen LogP contribution in [0.1, 0.15) is 19.2 Å². The highest BCUT2D eigenvalue weighted by Gasteiger charge is 2.21. The van der Waals surface area contributed by atoms with E-state index in [9.17, 15) is 13.2 Å². The van der Waals surface area contributed by atoms with Crippen LogP contribution in [0.3, 0.4) is 0 Å². The number of aromatic nitrogens is 3. The van der Waals surface area contributed by atoms with Gasteiger partial charge in [-0.3, -0.25) is 0 Å². The quantitative estimate of drug-likeness (QED) is 0.807. The van der Waals surface area contributed by atoms with Crippen LogP contribution < -0.4 is 0 Å². The minimum Gasteiger partial charge on any atom is -0.310 e. The van der Waals surface area contributed by atoms with Crippen molar-refractivity contribution in [2.24, 2.45) is 0 Å². The van der Waals surface area contributed by atoms with Gasteiger partial charge < -0.3 is 4.57 Å². The van der Waals surface area contributed by atoms with Crippen molar-refractivity contribution in [1.82, 2.24) is 14.8 Å². The van der Waals surface area contributed by atoms with Crippen LogP contribution in [-0.2, 0) is 12.4 Å². The molecule has 0 spiro atoms. The number of rotatable bonds is 4. The van der Waals surface area contributed by atoms with Crippen LogP contribution in [0.4, 0.5) is 13.2 Å². The molecule has 0 unspecified atom stereocenters. The van der Waals surface area contributed by atoms with Gasteiger partial charge in [0.15, 0.2) is 5.82 Å². The topological polar surface area (TPSA) is 30.7 Å². The Labute approximate surface area is 113 Å². The van der Waals surface area contributed by atoms with Gasteiger partial charge in [0.25, 0.3) is 0 Å². The summed E-state index contributed by atoms with van der Waals surface area (Å²) in [5.41, 5.74) is -0.390. The Hall–Kier alpha value is -1.56. The predicted octanol–water partition coefficient (Wildman–Crippen LogP) is 3.51. The molecule has 102 valence electrons. The third-order valence-corrected chi connectivity index (χ3v) is 2.86. The van der Waals surface area contributed by atoms with Gasteiger partial charge in [0.2, 0.25) is 0 Å². The molecule has 1 heterocycles. The molecule has 2 aromatic rings. The molecule has 19 heavy (non-hydrogen) atoms. The number of alkyl halides is 1. The predicted molar refractivity (Wildman–Crippen MR) is 65.2 cm³/mol. The van der Waals surface area contributed by atoms with E-state index >= 15 is 0 Å². The zero-order valence-corrected chi connectivity index (χ0v) is 10.9. The molecular formula is C12H11ClF3N3. The van der Waals surface area contributed by atoms with Crippen molar-refractivity contribution >= 4 is 11.6 Å². The van der Waals surface area contributed by atoms with Gasteiger partial charge in [0.1, 0.15) is 23.3 Å². The third kappa shape index (κ3) is 2.58. The molecule has 1 aromatic heterocycles. The van der Waals surface area contributed by atoms with Crippen LogP contribution in [0, 0.1) is 17.5 Å². The normalized spacial score (nSPS) is 11.0. The molecule has 0 atom stereocenters. The van der Waals surface area contributed by atoms with Crippen LogP contribution in [0.5, 0.6) is 0 Å². The summed E-state index contributed by atoms with van der Waals surface area (Å²) in [5, 5.41) is 7.54. The summed E-state index contributed by atoms with van der Waals surface area (Å²) in [4.78, 5) is 0. The molecule has 3 nitrogen and oxygen atoms in total. The zero-order chi connectivity index (χ0) is 14.0. The minimum absolute atomic E-state index is 0.0208. The summed E-state index contributed by atoms with van der Waals surface area (Å²) in [6, 6.07) is 1.23. The molecule has 0 N–H and O–H groups in total. The van der Waals surface area contributed by atoms with E-state index in [0.29, 0.717) is 24.5 Å². The lowest BCUT2D eigenvalue weighted by Crippen LogP contribution is -2.06. The monoisotopic (exact) mass is 289 g/mol. The highest BCUT2D eigenvalue weighted by atomic mass is 35.5. The van der Waals surface area contributed by atoms with E-state index in [2.05, 4.69) is 10.2 Å². The molecule has 2 rings (SSSR count). The fourth-order valence-electron chi connectivity index (χ4n) is 1.83. The average molecular weight is 290 g/mol. The first-order valence-corrected chi connectivity index (χ1v) is 6.24. The summed E-state index contributed by atoms with van der Waals surface area (Å²) in [6.45, 7) is 2.37. The number of benzene rings is 1. The lowest BCUT2D eigenvalue weighted by Gasteiger charge is -2.09. The molecule has 1 aromatic carbocycles. The van der Waals surface area contributed by atoms with Gasteiger partial charge in [-0.25, -0.2) is 13.2 Å². The van der Waals surface area contributed by atoms with Crippen molar-refractivity contribution in [2.75, 3.05) is 0 Å². The Kier molecular flexibility index (Phi) is 4.09. The highest BCUT2D eigenvalue weighted by molar-refractivity contribution is 6.16. The first kappa shape index (κ1) is 13.9. The second kappa shape index (κ2) is 5.61. The fraction of sp³-hybridized carbons (Fsp3) is 0.333. The van der Waals surface area contributed by atoms with Crippen LogP contribution in [0.25, 0.3) is 11.4 Å². The Morgan fingerprint density at radius 3 is 2.32 bits per heavy atom. The zero-order valence-electron chi connectivity index (χ0n) is 10.1. The van der Waals surface area contributed by atoms with Gasteiger partial charge in [-0.2, -0.15) is 0 Å². The van der Waals surface area contributed by atoms with Gasteiger partial charge >= 0.3 is 0 Å². The molecule has 0 aliphatic rings. The lowest BCUT2D eigenvalue weighted by molar-refractivity contribution is 0.543. The molecule has 0 aliphatic heterocycles. The second-order valence-corrected chi connectivity index (χ2v) is 4.24. The average Bonchev–Trinajstić information content (AvgIpc) is 2.72. The van der Waals surface area contributed by atoms with E-state index < -0.39 is 23.0 Å². The Morgan fingerprint density at radius 1 is 1.16 bits per heavy atom. The van der Waals surface area contributed by atoms with Crippen molar-refractivity contribution in [3.8, 4) is 11.4 Å². The SMILES string of the molecule is CCCn1c(CCl)nnc1-c1c(F)cc(F)cc1F. The molecule has 7 heteroatoms. The molecule has 0 fully saturated rings. The van der Waals surface area contributed by atoms with E-state index in [-0.39, 0.29) is 11.7 Å². The maximum absolute atomic E-state index is 13.7. The van der Waals surface area contributed by atoms with Crippen molar-refractivity contribution in [1.29, 1.82) is 0 Å². The summed E-state index contributed by atoms with van der Waals surface area (Å²) in [6.07, 6.45) is 0.722. The van der Waals surface area contributed by atoms with Gasteiger partial charge in [-0.15, -0.1) is 21.8 Å². The number of hydrogen-bond donors (Lipinski definition) is 0. The maximum Gasteiger partial charge on any atom is 0.169 e. The molecular weight excluding hydrogens is 279 g/mol. The molecule has 0 bridgehead atoms. The van der Waals surface area contributed by atoms with E-state index in [1.165, 1.54) is 4.57 Å². The number of halogens is 4. The van der Waals surface area contributed by atoms with Crippen LogP contribution >= 0.6 is 11.6 Å². The maximum atomic E-state index is 13.7. The van der Waals surface area contributed by atoms with E-state index in [1.54, 1.807) is 0 Å². The summed E-state index contributed by atoms with van der Waals surface area (Å²) >= 11 is 5.70. The van der Waals surface area contributed by atoms with Gasteiger partial charge in [0, 0.05) is 18.7 Å². The van der Waals surface area contributed by atoms with Crippen molar-refractivity contribution < 1.29 is 13.2 Å². The largest absolute Gasteiger partial charge is 0.310 e. The molecule has 0 saturated heterocycles. The second-order valence-electron chi connectivity index (χ2n) is 3.97. The van der Waals surface area contributed by atoms with Gasteiger partial charge in [-0.05, 0) is 6.42 Å². The van der Waals surface area contributed by atoms with Crippen LogP contribution in [0.2, 0.25) is 0 Å². The standard InChI is InChI=1S/C12H11ClF3N3/c1-2-3-19-10(6-13)17-18-12(19)11-8(15)4-7(14)5-9(11)16/h4-5H,2-3,6H2,1H3. The smallest absolute Gasteiger partial charge is 0.169 e. The molecule has 0 radical (unpaired) electrons. The first-order valence-electron chi connectivity index (χ1n) is 5.71. The minimum atomic E-state index is -1.01. The fourth-order valence-corrected chi connectivity index (χ4v) is 2.03. The van der Waals surface area contributed by atoms with Crippen molar-refractivity contribution in [3.63, 3.8) is 0 Å². The van der Waals surface area contributed by atoms with Crippen LogP contribution in [0.15, 0.2) is 12.1 Å². The third-order valence-electron chi connectivity index (χ3n) is 2.62. The van der Waals surface area contributed by atoms with E-state index in [4.69, 9.17) is 11.6 Å². The Morgan fingerprint density at radius 2 is 1.79 bits per heavy atom. The molecule has 0 saturated carbocycles. The van der Waals surface area contributed by atoms with Crippen molar-refractivity contribution in [3.05, 3.63) is 35.4 Å². The lowest BCUT2D eigenvalue weighted by atomic mass is 10.1. The number of hydrogen-bond acceptors (Lipinski definition) is 2. The Bertz CT molecular complexity index is 575. The summed E-state index contributed by atoms with van der Waals surface area (Å²) < 4.78 is 41.9.